The van der Waals surface area contributed by atoms with Gasteiger partial charge in [0.1, 0.15) is 0 Å². The summed E-state index contributed by atoms with van der Waals surface area (Å²) in [6.07, 6.45) is 4.02. The maximum atomic E-state index is 11.6. The van der Waals surface area contributed by atoms with E-state index < -0.39 is 10.1 Å². The van der Waals surface area contributed by atoms with E-state index in [0.717, 1.165) is 6.42 Å². The van der Waals surface area contributed by atoms with E-state index in [4.69, 9.17) is 4.18 Å². The van der Waals surface area contributed by atoms with E-state index in [9.17, 15) is 8.42 Å². The van der Waals surface area contributed by atoms with Crippen molar-refractivity contribution in [2.75, 3.05) is 12.4 Å². The van der Waals surface area contributed by atoms with Crippen LogP contribution < -0.4 is 51.4 Å². The van der Waals surface area contributed by atoms with E-state index in [1.165, 1.54) is 6.08 Å². The van der Waals surface area contributed by atoms with Gasteiger partial charge in [-0.2, -0.15) is 8.42 Å². The molecule has 0 aliphatic heterocycles. The molecule has 0 aromatic rings. The Bertz CT molecular complexity index is 339. The smallest absolute Gasteiger partial charge is 1.00 e. The molecule has 0 bridgehead atoms. The van der Waals surface area contributed by atoms with Gasteiger partial charge in [-0.05, 0) is 17.8 Å². The van der Waals surface area contributed by atoms with Crippen molar-refractivity contribution in [2.24, 2.45) is 11.3 Å². The Balaban J connectivity index is -0.00000112. The Morgan fingerprint density at radius 2 is 1.88 bits per heavy atom. The molecule has 0 amide bonds. The van der Waals surface area contributed by atoms with Crippen LogP contribution in [-0.4, -0.2) is 20.8 Å². The van der Waals surface area contributed by atoms with Crippen molar-refractivity contribution in [3.05, 3.63) is 25.3 Å². The third kappa shape index (κ3) is 8.70. The summed E-state index contributed by atoms with van der Waals surface area (Å²) in [4.78, 5) is 0. The van der Waals surface area contributed by atoms with Gasteiger partial charge in [0.15, 0.2) is 0 Å². The topological polar surface area (TPSA) is 43.4 Å². The summed E-state index contributed by atoms with van der Waals surface area (Å²) in [6, 6.07) is 0. The van der Waals surface area contributed by atoms with Crippen LogP contribution in [-0.2, 0) is 14.3 Å². The summed E-state index contributed by atoms with van der Waals surface area (Å²) in [5.74, 6) is 0.0436. The van der Waals surface area contributed by atoms with Crippen molar-refractivity contribution in [3.63, 3.8) is 0 Å². The molecule has 1 atom stereocenters. The van der Waals surface area contributed by atoms with Crippen molar-refractivity contribution in [1.82, 2.24) is 0 Å². The standard InChI is InChI=1S/C12H22O3S.K.H/c1-6-8-12(4,5)11(3)10-16(13,14)15-9-7-2;;/h6-7,11H,1-2,8-10H2,3-5H3;;/q;+1;-1. The predicted octanol–water partition coefficient (Wildman–Crippen LogP) is -0.126. The monoisotopic (exact) mass is 286 g/mol. The fourth-order valence-corrected chi connectivity index (χ4v) is 2.77. The quantitative estimate of drug-likeness (QED) is 0.355. The Kier molecular flexibility index (Phi) is 10.8. The van der Waals surface area contributed by atoms with E-state index in [1.54, 1.807) is 0 Å². The van der Waals surface area contributed by atoms with Crippen molar-refractivity contribution < 1.29 is 65.4 Å². The molecular formula is C12H23KO3S. The maximum Gasteiger partial charge on any atom is 1.00 e. The average molecular weight is 286 g/mol. The second-order valence-corrected chi connectivity index (χ2v) is 6.36. The van der Waals surface area contributed by atoms with E-state index in [2.05, 4.69) is 13.2 Å². The predicted molar refractivity (Wildman–Crippen MR) is 68.8 cm³/mol. The number of rotatable bonds is 8. The van der Waals surface area contributed by atoms with Gasteiger partial charge in [-0.25, -0.2) is 0 Å². The molecule has 0 aliphatic carbocycles. The zero-order valence-electron chi connectivity index (χ0n) is 12.4. The van der Waals surface area contributed by atoms with Gasteiger partial charge in [-0.3, -0.25) is 4.18 Å². The molecule has 0 heterocycles. The first-order valence-electron chi connectivity index (χ1n) is 5.34. The third-order valence-corrected chi connectivity index (χ3v) is 4.23. The normalized spacial score (nSPS) is 13.6. The van der Waals surface area contributed by atoms with Crippen molar-refractivity contribution in [1.29, 1.82) is 0 Å². The molecule has 0 saturated carbocycles. The van der Waals surface area contributed by atoms with Crippen LogP contribution in [0.4, 0.5) is 0 Å². The first-order chi connectivity index (χ1) is 7.25. The van der Waals surface area contributed by atoms with Crippen LogP contribution in [0.2, 0.25) is 0 Å². The molecule has 0 saturated heterocycles. The molecular weight excluding hydrogens is 263 g/mol. The Labute approximate surface area is 150 Å². The van der Waals surface area contributed by atoms with E-state index in [1.807, 2.05) is 26.8 Å². The Hall–Kier alpha value is 1.03. The zero-order chi connectivity index (χ0) is 12.8. The molecule has 1 unspecified atom stereocenters. The summed E-state index contributed by atoms with van der Waals surface area (Å²) in [5, 5.41) is 0. The van der Waals surface area contributed by atoms with E-state index in [0.29, 0.717) is 0 Å². The van der Waals surface area contributed by atoms with Gasteiger partial charge in [0, 0.05) is 0 Å². The van der Waals surface area contributed by atoms with Crippen LogP contribution in [0.1, 0.15) is 28.6 Å². The van der Waals surface area contributed by atoms with Gasteiger partial charge in [-0.1, -0.05) is 32.9 Å². The summed E-state index contributed by atoms with van der Waals surface area (Å²) in [6.45, 7) is 13.1. The third-order valence-electron chi connectivity index (χ3n) is 2.82. The Morgan fingerprint density at radius 3 is 2.29 bits per heavy atom. The molecule has 96 valence electrons. The van der Waals surface area contributed by atoms with Crippen molar-refractivity contribution in [2.45, 2.75) is 27.2 Å². The summed E-state index contributed by atoms with van der Waals surface area (Å²) in [5.41, 5.74) is -0.0909. The molecule has 0 spiro atoms. The number of hydrogen-bond acceptors (Lipinski definition) is 3. The average Bonchev–Trinajstić information content (AvgIpc) is 2.14. The van der Waals surface area contributed by atoms with Crippen LogP contribution in [0, 0.1) is 11.3 Å². The number of allylic oxidation sites excluding steroid dienone is 1. The van der Waals surface area contributed by atoms with Crippen molar-refractivity contribution in [3.8, 4) is 0 Å². The molecule has 0 radical (unpaired) electrons. The molecule has 5 heteroatoms. The summed E-state index contributed by atoms with van der Waals surface area (Å²) in [7, 11) is -3.45. The zero-order valence-corrected chi connectivity index (χ0v) is 15.3. The van der Waals surface area contributed by atoms with Gasteiger partial charge in [-0.15, -0.1) is 13.2 Å². The summed E-state index contributed by atoms with van der Waals surface area (Å²) < 4.78 is 27.9. The maximum absolute atomic E-state index is 11.6. The van der Waals surface area contributed by atoms with Gasteiger partial charge in [0.05, 0.1) is 12.4 Å². The van der Waals surface area contributed by atoms with Crippen LogP contribution >= 0.6 is 0 Å². The second-order valence-electron chi connectivity index (χ2n) is 4.68. The molecule has 0 fully saturated rings. The SMILES string of the molecule is C=CCOS(=O)(=O)CC(C)C(C)(C)CC=C.[H-].[K+]. The molecule has 0 rings (SSSR count). The fourth-order valence-electron chi connectivity index (χ4n) is 1.30. The van der Waals surface area contributed by atoms with Gasteiger partial charge >= 0.3 is 51.4 Å². The first-order valence-corrected chi connectivity index (χ1v) is 6.92. The number of hydrogen-bond donors (Lipinski definition) is 0. The van der Waals surface area contributed by atoms with Crippen LogP contribution in [0.3, 0.4) is 0 Å². The van der Waals surface area contributed by atoms with Gasteiger partial charge < -0.3 is 1.43 Å². The fraction of sp³-hybridized carbons (Fsp3) is 0.667. The van der Waals surface area contributed by atoms with Crippen LogP contribution in [0.5, 0.6) is 0 Å². The molecule has 3 nitrogen and oxygen atoms in total. The molecule has 17 heavy (non-hydrogen) atoms. The minimum Gasteiger partial charge on any atom is -1.00 e. The van der Waals surface area contributed by atoms with Crippen molar-refractivity contribution >= 4 is 10.1 Å². The van der Waals surface area contributed by atoms with Crippen LogP contribution in [0.15, 0.2) is 25.3 Å². The van der Waals surface area contributed by atoms with Gasteiger partial charge in [0.25, 0.3) is 10.1 Å². The Morgan fingerprint density at radius 1 is 1.35 bits per heavy atom. The second kappa shape index (κ2) is 9.01. The minimum absolute atomic E-state index is 0. The molecule has 0 aromatic carbocycles. The summed E-state index contributed by atoms with van der Waals surface area (Å²) >= 11 is 0. The molecule has 0 aliphatic rings. The minimum atomic E-state index is -3.45. The molecule has 0 N–H and O–H groups in total. The largest absolute Gasteiger partial charge is 1.00 e. The van der Waals surface area contributed by atoms with E-state index >= 15 is 0 Å². The molecule has 0 aromatic heterocycles. The van der Waals surface area contributed by atoms with Crippen LogP contribution in [0.25, 0.3) is 0 Å². The van der Waals surface area contributed by atoms with Gasteiger partial charge in [0.2, 0.25) is 0 Å². The first kappa shape index (κ1) is 20.3. The van der Waals surface area contributed by atoms with E-state index in [-0.39, 0.29) is 76.5 Å².